The van der Waals surface area contributed by atoms with E-state index in [1.807, 2.05) is 0 Å². The van der Waals surface area contributed by atoms with E-state index in [0.717, 1.165) is 6.07 Å². The number of carbonyl (C=O) groups excluding carboxylic acids is 2. The van der Waals surface area contributed by atoms with Crippen molar-refractivity contribution >= 4 is 38.6 Å². The smallest absolute Gasteiger partial charge is 0.320 e. The normalized spacial score (nSPS) is 11.7. The largest absolute Gasteiger partial charge is 0.497 e. The Bertz CT molecular complexity index is 2160. The molecule has 5 rings (SSSR count). The molecule has 0 saturated carbocycles. The molecule has 0 fully saturated rings. The fourth-order valence-electron chi connectivity index (χ4n) is 4.94. The van der Waals surface area contributed by atoms with Gasteiger partial charge in [0.2, 0.25) is 0 Å². The van der Waals surface area contributed by atoms with Crippen molar-refractivity contribution in [2.75, 3.05) is 32.3 Å². The Morgan fingerprint density at radius 3 is 2.38 bits per heavy atom. The highest BCUT2D eigenvalue weighted by Crippen LogP contribution is 2.33. The molecule has 14 nitrogen and oxygen atoms in total. The van der Waals surface area contributed by atoms with Crippen LogP contribution in [-0.4, -0.2) is 72.3 Å². The fraction of sp³-hybridized carbons (Fsp3) is 0.235. The van der Waals surface area contributed by atoms with Crippen LogP contribution in [0.1, 0.15) is 23.0 Å². The summed E-state index contributed by atoms with van der Waals surface area (Å²) in [5.74, 6) is -0.938. The quantitative estimate of drug-likeness (QED) is 0.131. The summed E-state index contributed by atoms with van der Waals surface area (Å²) in [6.07, 6.45) is 1.66. The number of aromatic nitrogens is 3. The molecular weight excluding hydrogens is 673 g/mol. The molecule has 0 aliphatic rings. The molecule has 1 atom stereocenters. The van der Waals surface area contributed by atoms with Gasteiger partial charge in [-0.2, -0.15) is 8.42 Å². The molecule has 264 valence electrons. The van der Waals surface area contributed by atoms with Gasteiger partial charge in [-0.05, 0) is 63.4 Å². The highest BCUT2D eigenvalue weighted by molar-refractivity contribution is 7.85. The van der Waals surface area contributed by atoms with Crippen LogP contribution in [0.5, 0.6) is 17.2 Å². The van der Waals surface area contributed by atoms with Gasteiger partial charge in [0, 0.05) is 29.4 Å². The van der Waals surface area contributed by atoms with Gasteiger partial charge in [0.15, 0.2) is 11.6 Å². The van der Waals surface area contributed by atoms with Crippen LogP contribution >= 0.6 is 0 Å². The minimum Gasteiger partial charge on any atom is -0.497 e. The number of ether oxygens (including phenoxy) is 3. The molecule has 1 amide bonds. The number of hydrogen-bond donors (Lipinski definition) is 3. The van der Waals surface area contributed by atoms with Gasteiger partial charge in [-0.25, -0.2) is 9.07 Å². The average molecular weight is 710 g/mol. The van der Waals surface area contributed by atoms with Gasteiger partial charge in [0.25, 0.3) is 21.6 Å². The highest BCUT2D eigenvalue weighted by atomic mass is 32.2. The maximum absolute atomic E-state index is 15.2. The van der Waals surface area contributed by atoms with E-state index in [1.165, 1.54) is 16.8 Å². The highest BCUT2D eigenvalue weighted by Gasteiger charge is 2.26. The lowest BCUT2D eigenvalue weighted by Crippen LogP contribution is -2.30. The minimum absolute atomic E-state index is 0.0307. The maximum atomic E-state index is 15.2. The number of amides is 1. The number of carbonyl (C=O) groups is 2. The Balaban J connectivity index is 0.00000105. The fourth-order valence-corrected chi connectivity index (χ4v) is 4.94. The van der Waals surface area contributed by atoms with Gasteiger partial charge in [0.1, 0.15) is 23.2 Å². The number of rotatable bonds is 11. The lowest BCUT2D eigenvalue weighted by atomic mass is 10.2. The van der Waals surface area contributed by atoms with Crippen LogP contribution in [0.25, 0.3) is 16.6 Å². The third-order valence-electron chi connectivity index (χ3n) is 7.03. The molecule has 0 spiro atoms. The molecule has 0 aliphatic heterocycles. The second kappa shape index (κ2) is 16.2. The van der Waals surface area contributed by atoms with Gasteiger partial charge >= 0.3 is 5.97 Å². The van der Waals surface area contributed by atoms with Crippen LogP contribution in [0.4, 0.5) is 10.1 Å². The van der Waals surface area contributed by atoms with Crippen LogP contribution in [0, 0.1) is 12.7 Å². The van der Waals surface area contributed by atoms with Crippen molar-refractivity contribution in [1.29, 1.82) is 0 Å². The second-order valence-electron chi connectivity index (χ2n) is 11.0. The molecule has 2 aromatic heterocycles. The zero-order valence-electron chi connectivity index (χ0n) is 27.8. The van der Waals surface area contributed by atoms with Gasteiger partial charge in [-0.15, -0.1) is 0 Å². The van der Waals surface area contributed by atoms with Crippen LogP contribution in [-0.2, 0) is 26.2 Å². The number of esters is 1. The molecule has 3 aromatic carbocycles. The molecule has 3 N–H and O–H groups in total. The number of nitrogens with zero attached hydrogens (tertiary/aromatic N) is 3. The van der Waals surface area contributed by atoms with Gasteiger partial charge in [-0.3, -0.25) is 28.6 Å². The second-order valence-corrected chi connectivity index (χ2v) is 12.4. The van der Waals surface area contributed by atoms with E-state index in [-0.39, 0.29) is 30.1 Å². The average Bonchev–Trinajstić information content (AvgIpc) is 3.29. The summed E-state index contributed by atoms with van der Waals surface area (Å²) in [7, 11) is -0.480. The van der Waals surface area contributed by atoms with Crippen molar-refractivity contribution in [3.63, 3.8) is 0 Å². The lowest BCUT2D eigenvalue weighted by Gasteiger charge is -2.18. The summed E-state index contributed by atoms with van der Waals surface area (Å²) < 4.78 is 60.6. The number of hydrogen-bond acceptors (Lipinski definition) is 10. The summed E-state index contributed by atoms with van der Waals surface area (Å²) in [6, 6.07) is 19.7. The Morgan fingerprint density at radius 1 is 1.04 bits per heavy atom. The van der Waals surface area contributed by atoms with E-state index >= 15 is 4.39 Å². The monoisotopic (exact) mass is 709 g/mol. The first-order valence-electron chi connectivity index (χ1n) is 15.1. The molecule has 0 saturated heterocycles. The minimum atomic E-state index is -3.67. The van der Waals surface area contributed by atoms with Crippen molar-refractivity contribution < 1.29 is 41.2 Å². The third kappa shape index (κ3) is 9.52. The molecule has 0 aliphatic carbocycles. The van der Waals surface area contributed by atoms with E-state index < -0.39 is 39.5 Å². The predicted molar refractivity (Wildman–Crippen MR) is 184 cm³/mol. The Hall–Kier alpha value is -5.58. The van der Waals surface area contributed by atoms with Crippen LogP contribution in [0.2, 0.25) is 0 Å². The molecule has 0 unspecified atom stereocenters. The standard InChI is InChI=1S/C33H32FN5O6.CH4O3S/c1-20(44-30(40)18-35-3)19-38-21(2)31(33(42)39(38)23-8-6-5-7-9-23)32(41)37-22-10-13-29(26(34)16-22)45-28-14-15-36-27-17-24(43-4)11-12-25(27)28;1-5(2,3)4/h5-17,20,35H,18-19H2,1-4H3,(H,37,41);1H3,(H,2,3,4)/t20-;/m1./s1. The molecule has 50 heavy (non-hydrogen) atoms. The van der Waals surface area contributed by atoms with Crippen molar-refractivity contribution in [2.24, 2.45) is 0 Å². The topological polar surface area (TPSA) is 180 Å². The number of halogens is 1. The van der Waals surface area contributed by atoms with Crippen molar-refractivity contribution in [3.05, 3.63) is 106 Å². The first-order valence-corrected chi connectivity index (χ1v) is 16.9. The van der Waals surface area contributed by atoms with Crippen molar-refractivity contribution in [2.45, 2.75) is 26.5 Å². The summed E-state index contributed by atoms with van der Waals surface area (Å²) >= 11 is 0. The zero-order chi connectivity index (χ0) is 36.6. The number of methoxy groups -OCH3 is 1. The SMILES string of the molecule is CNCC(=O)O[C@H](C)Cn1c(C)c(C(=O)Nc2ccc(Oc3ccnc4cc(OC)ccc34)c(F)c2)c(=O)n1-c1ccccc1.CS(=O)(=O)O. The van der Waals surface area contributed by atoms with Gasteiger partial charge in [-0.1, -0.05) is 18.2 Å². The Kier molecular flexibility index (Phi) is 12.1. The summed E-state index contributed by atoms with van der Waals surface area (Å²) in [5, 5.41) is 6.03. The van der Waals surface area contributed by atoms with Crippen LogP contribution < -0.4 is 25.7 Å². The van der Waals surface area contributed by atoms with Crippen molar-refractivity contribution in [1.82, 2.24) is 19.7 Å². The maximum Gasteiger partial charge on any atom is 0.320 e. The zero-order valence-corrected chi connectivity index (χ0v) is 28.7. The number of likely N-dealkylation sites (N-methyl/N-ethyl adjacent to an activating group) is 1. The molecule has 0 bridgehead atoms. The predicted octanol–water partition coefficient (Wildman–Crippen LogP) is 4.34. The summed E-state index contributed by atoms with van der Waals surface area (Å²) in [4.78, 5) is 43.5. The number of pyridine rings is 1. The molecular formula is C34H36FN5O9S. The van der Waals surface area contributed by atoms with E-state index in [1.54, 1.807) is 93.5 Å². The third-order valence-corrected chi connectivity index (χ3v) is 7.03. The van der Waals surface area contributed by atoms with Crippen molar-refractivity contribution in [3.8, 4) is 22.9 Å². The molecule has 16 heteroatoms. The van der Waals surface area contributed by atoms with E-state index in [2.05, 4.69) is 15.6 Å². The lowest BCUT2D eigenvalue weighted by molar-refractivity contribution is -0.147. The number of nitrogens with one attached hydrogen (secondary N) is 2. The number of benzene rings is 3. The molecule has 0 radical (unpaired) electrons. The molecule has 2 heterocycles. The van der Waals surface area contributed by atoms with Gasteiger partial charge in [0.05, 0.1) is 43.4 Å². The summed E-state index contributed by atoms with van der Waals surface area (Å²) in [6.45, 7) is 3.47. The van der Waals surface area contributed by atoms with Crippen LogP contribution in [0.15, 0.2) is 83.8 Å². The number of para-hydroxylation sites is 1. The van der Waals surface area contributed by atoms with E-state index in [4.69, 9.17) is 18.8 Å². The van der Waals surface area contributed by atoms with Crippen LogP contribution in [0.3, 0.4) is 0 Å². The summed E-state index contributed by atoms with van der Waals surface area (Å²) in [5.41, 5.74) is 0.901. The first kappa shape index (κ1) is 37.2. The van der Waals surface area contributed by atoms with E-state index in [9.17, 15) is 22.8 Å². The Morgan fingerprint density at radius 2 is 1.74 bits per heavy atom. The van der Waals surface area contributed by atoms with Gasteiger partial charge < -0.3 is 24.8 Å². The van der Waals surface area contributed by atoms with E-state index in [0.29, 0.717) is 40.0 Å². The number of anilines is 1. The first-order chi connectivity index (χ1) is 23.7. The molecule has 5 aromatic rings. The number of fused-ring (bicyclic) bond motifs is 1. The Labute approximate surface area is 287 Å².